The summed E-state index contributed by atoms with van der Waals surface area (Å²) >= 11 is 0. The summed E-state index contributed by atoms with van der Waals surface area (Å²) in [4.78, 5) is 122. The summed E-state index contributed by atoms with van der Waals surface area (Å²) in [5.41, 5.74) is -7.81. The number of rotatable bonds is 22. The first-order valence-electron chi connectivity index (χ1n) is 25.8. The third-order valence-electron chi connectivity index (χ3n) is 15.4. The van der Waals surface area contributed by atoms with Crippen LogP contribution >= 0.6 is 0 Å². The highest BCUT2D eigenvalue weighted by Crippen LogP contribution is 2.64. The fourth-order valence-corrected chi connectivity index (χ4v) is 11.4. The molecule has 1 heterocycles. The molecule has 4 aliphatic rings. The quantitative estimate of drug-likeness (QED) is 0.0417. The monoisotopic (exact) mass is 1100 g/mol. The van der Waals surface area contributed by atoms with E-state index in [-0.39, 0.29) is 80.1 Å². The van der Waals surface area contributed by atoms with Crippen molar-refractivity contribution in [3.05, 3.63) is 119 Å². The van der Waals surface area contributed by atoms with Gasteiger partial charge in [-0.1, -0.05) is 80.6 Å². The number of esters is 5. The van der Waals surface area contributed by atoms with Crippen molar-refractivity contribution < 1.29 is 96.4 Å². The van der Waals surface area contributed by atoms with Crippen LogP contribution < -0.4 is 10.6 Å². The van der Waals surface area contributed by atoms with E-state index in [0.29, 0.717) is 0 Å². The molecule has 0 radical (unpaired) electrons. The van der Waals surface area contributed by atoms with Crippen molar-refractivity contribution in [1.82, 2.24) is 10.6 Å². The first-order valence-corrected chi connectivity index (χ1v) is 25.8. The minimum atomic E-state index is -2.51. The first-order chi connectivity index (χ1) is 37.5. The lowest BCUT2D eigenvalue weighted by atomic mass is 9.44. The number of carbonyl (C=O) groups is 9. The summed E-state index contributed by atoms with van der Waals surface area (Å²) in [6, 6.07) is 22.2. The average Bonchev–Trinajstić information content (AvgIpc) is 3.29. The van der Waals surface area contributed by atoms with E-state index < -0.39 is 137 Å². The fourth-order valence-electron chi connectivity index (χ4n) is 11.4. The standard InChI is InChI=1S/C57H66N2O20/c1-32-38(76-53(70)47(45(35-16-10-7-11-17-35)59-51(68)36-18-12-8-13-19-36)77-43(66)30-73-27-26-72-25-24-58-41(63)22-23-42(64)65)29-57(71)50(78-52(69)37-20-14-9-15-21-37)48-55(6,39(62)28-40-56(48,31-74-40)79-34(3)61)49(67)46(75-33(2)60)44(32)54(57,4)5/h7-21,38-40,45-48,50,62,71H,22-31H2,1-6H3,(H,58,63)(H,59,68)(H,64,65)/t38-,39-,40+,45-,46+,47+,48-,50-,55+,56-,57+/m0/s1. The Kier molecular flexibility index (Phi) is 18.6. The Morgan fingerprint density at radius 3 is 2.00 bits per heavy atom. The Bertz CT molecular complexity index is 2810. The maximum atomic E-state index is 15.8. The third-order valence-corrected chi connectivity index (χ3v) is 15.4. The molecule has 5 N–H and O–H groups in total. The van der Waals surface area contributed by atoms with E-state index in [4.69, 9.17) is 43.0 Å². The van der Waals surface area contributed by atoms with Crippen LogP contribution in [0.25, 0.3) is 0 Å². The highest BCUT2D eigenvalue weighted by molar-refractivity contribution is 5.96. The van der Waals surface area contributed by atoms with Gasteiger partial charge in [-0.2, -0.15) is 0 Å². The van der Waals surface area contributed by atoms with Crippen molar-refractivity contribution in [1.29, 1.82) is 0 Å². The molecule has 11 atom stereocenters. The number of fused-ring (bicyclic) bond motifs is 5. The molecule has 3 aromatic rings. The van der Waals surface area contributed by atoms with Gasteiger partial charge in [-0.05, 0) is 54.8 Å². The number of carbonyl (C=O) groups excluding carboxylic acids is 8. The Morgan fingerprint density at radius 1 is 0.785 bits per heavy atom. The molecule has 79 heavy (non-hydrogen) atoms. The number of aliphatic hydroxyl groups excluding tert-OH is 1. The number of aliphatic carboxylic acids is 1. The lowest BCUT2D eigenvalue weighted by Crippen LogP contribution is -2.82. The maximum Gasteiger partial charge on any atom is 0.350 e. The number of hydrogen-bond acceptors (Lipinski definition) is 19. The van der Waals surface area contributed by atoms with Crippen LogP contribution in [-0.4, -0.2) is 156 Å². The highest BCUT2D eigenvalue weighted by atomic mass is 16.6. The zero-order valence-electron chi connectivity index (χ0n) is 44.6. The van der Waals surface area contributed by atoms with Crippen molar-refractivity contribution in [3.8, 4) is 0 Å². The normalized spacial score (nSPS) is 27.3. The summed E-state index contributed by atoms with van der Waals surface area (Å²) in [5.74, 6) is -10.0. The van der Waals surface area contributed by atoms with Gasteiger partial charge in [-0.15, -0.1) is 0 Å². The van der Waals surface area contributed by atoms with Crippen molar-refractivity contribution >= 4 is 53.4 Å². The van der Waals surface area contributed by atoms with Crippen LogP contribution in [0.2, 0.25) is 0 Å². The van der Waals surface area contributed by atoms with Crippen molar-refractivity contribution in [2.75, 3.05) is 39.6 Å². The molecule has 22 heteroatoms. The Labute approximate surface area is 455 Å². The van der Waals surface area contributed by atoms with E-state index in [1.165, 1.54) is 52.0 Å². The molecule has 0 aromatic heterocycles. The van der Waals surface area contributed by atoms with Gasteiger partial charge >= 0.3 is 35.8 Å². The second-order valence-electron chi connectivity index (χ2n) is 20.7. The predicted octanol–water partition coefficient (Wildman–Crippen LogP) is 3.30. The van der Waals surface area contributed by atoms with E-state index in [1.807, 2.05) is 0 Å². The lowest BCUT2D eigenvalue weighted by Gasteiger charge is -2.67. The van der Waals surface area contributed by atoms with Gasteiger partial charge in [-0.25, -0.2) is 14.4 Å². The summed E-state index contributed by atoms with van der Waals surface area (Å²) in [6.45, 7) is 6.81. The van der Waals surface area contributed by atoms with E-state index in [2.05, 4.69) is 10.6 Å². The molecule has 1 saturated heterocycles. The predicted molar refractivity (Wildman–Crippen MR) is 273 cm³/mol. The van der Waals surface area contributed by atoms with Gasteiger partial charge in [0.2, 0.25) is 12.0 Å². The molecule has 0 unspecified atom stereocenters. The number of Topliss-reactive ketones (excluding diaryl/α,β-unsaturated/α-hetero) is 1. The van der Waals surface area contributed by atoms with Crippen molar-refractivity contribution in [2.24, 2.45) is 16.7 Å². The molecule has 2 saturated carbocycles. The molecule has 1 aliphatic heterocycles. The van der Waals surface area contributed by atoms with Crippen LogP contribution in [0.1, 0.15) is 99.5 Å². The number of benzene rings is 3. The van der Waals surface area contributed by atoms with Crippen LogP contribution in [-0.2, 0) is 71.5 Å². The molecule has 3 aromatic carbocycles. The second-order valence-corrected chi connectivity index (χ2v) is 20.7. The number of carboxylic acid groups (broad SMARTS) is 1. The number of carboxylic acids is 1. The summed E-state index contributed by atoms with van der Waals surface area (Å²) in [7, 11) is 0. The lowest BCUT2D eigenvalue weighted by molar-refractivity contribution is -0.346. The highest BCUT2D eigenvalue weighted by Gasteiger charge is 2.78. The number of hydrogen-bond donors (Lipinski definition) is 5. The summed E-state index contributed by atoms with van der Waals surface area (Å²) < 4.78 is 47.7. The molecule has 2 bridgehead atoms. The molecular weight excluding hydrogens is 1030 g/mol. The number of aliphatic hydroxyl groups is 2. The van der Waals surface area contributed by atoms with Gasteiger partial charge in [0, 0.05) is 50.6 Å². The van der Waals surface area contributed by atoms with Crippen molar-refractivity contribution in [2.45, 2.75) is 121 Å². The minimum absolute atomic E-state index is 0.0178. The van der Waals surface area contributed by atoms with Crippen molar-refractivity contribution in [3.63, 3.8) is 0 Å². The summed E-state index contributed by atoms with van der Waals surface area (Å²) in [6.07, 6.45) is -11.7. The van der Waals surface area contributed by atoms with Gasteiger partial charge in [0.15, 0.2) is 17.5 Å². The van der Waals surface area contributed by atoms with Gasteiger partial charge in [0.25, 0.3) is 5.91 Å². The maximum absolute atomic E-state index is 15.8. The number of ketones is 1. The third kappa shape index (κ3) is 12.4. The smallest absolute Gasteiger partial charge is 0.350 e. The van der Waals surface area contributed by atoms with Crippen LogP contribution in [0.4, 0.5) is 0 Å². The zero-order valence-corrected chi connectivity index (χ0v) is 44.6. The Hall–Kier alpha value is -7.37. The molecule has 0 spiro atoms. The van der Waals surface area contributed by atoms with Crippen LogP contribution in [0.5, 0.6) is 0 Å². The number of ether oxygens (including phenoxy) is 8. The molecule has 3 aliphatic carbocycles. The zero-order chi connectivity index (χ0) is 57.5. The molecule has 7 rings (SSSR count). The molecular formula is C57H66N2O20. The molecule has 2 amide bonds. The number of nitrogens with one attached hydrogen (secondary N) is 2. The topological polar surface area (TPSA) is 312 Å². The van der Waals surface area contributed by atoms with E-state index >= 15 is 9.59 Å². The van der Waals surface area contributed by atoms with Gasteiger partial charge < -0.3 is 63.8 Å². The SMILES string of the molecule is CC(=O)O[C@H]1C(=O)[C@@]2(C)[C@H]([C@H](OC(=O)c3ccccc3)[C@]3(O)C[C@H](OC(=O)[C@H](OC(=O)COCCOCCNC(=O)CCC(=O)O)[C@@H](NC(=O)c4ccccc4)c4ccccc4)C(C)=C1C3(C)C)[C@]1(OC(C)=O)CO[C@@H]1C[C@@H]2O. The van der Waals surface area contributed by atoms with Gasteiger partial charge in [0.1, 0.15) is 36.6 Å². The van der Waals surface area contributed by atoms with Crippen LogP contribution in [0, 0.1) is 16.7 Å². The minimum Gasteiger partial charge on any atom is -0.481 e. The number of amides is 2. The molecule has 424 valence electrons. The molecule has 3 fully saturated rings. The Morgan fingerprint density at radius 2 is 1.41 bits per heavy atom. The van der Waals surface area contributed by atoms with Gasteiger partial charge in [0.05, 0.1) is 55.8 Å². The fraction of sp³-hybridized carbons (Fsp3) is 0.491. The molecule has 22 nitrogen and oxygen atoms in total. The van der Waals surface area contributed by atoms with Crippen LogP contribution in [0.3, 0.4) is 0 Å². The van der Waals surface area contributed by atoms with Crippen LogP contribution in [0.15, 0.2) is 102 Å². The second kappa shape index (κ2) is 24.7. The Balaban J connectivity index is 1.29. The van der Waals surface area contributed by atoms with E-state index in [1.54, 1.807) is 66.7 Å². The largest absolute Gasteiger partial charge is 0.481 e. The van der Waals surface area contributed by atoms with Gasteiger partial charge in [-0.3, -0.25) is 28.8 Å². The average molecular weight is 1100 g/mol. The summed E-state index contributed by atoms with van der Waals surface area (Å²) in [5, 5.41) is 40.3. The van der Waals surface area contributed by atoms with E-state index in [9.17, 15) is 43.8 Å². The first kappa shape index (κ1) is 59.3. The van der Waals surface area contributed by atoms with E-state index in [0.717, 1.165) is 13.8 Å².